The lowest BCUT2D eigenvalue weighted by Crippen LogP contribution is -1.95. The Labute approximate surface area is 374 Å². The Morgan fingerprint density at radius 2 is 0.769 bits per heavy atom. The van der Waals surface area contributed by atoms with Crippen LogP contribution in [0.4, 0.5) is 0 Å². The van der Waals surface area contributed by atoms with E-state index in [1.807, 2.05) is 6.07 Å². The highest BCUT2D eigenvalue weighted by atomic mass is 16.3. The molecule has 0 radical (unpaired) electrons. The summed E-state index contributed by atoms with van der Waals surface area (Å²) in [4.78, 5) is 0. The van der Waals surface area contributed by atoms with Gasteiger partial charge in [0.05, 0.1) is 27.8 Å². The third-order valence-electron chi connectivity index (χ3n) is 13.7. The molecular weight excluding hydrogens is 789 g/mol. The standard InChI is InChI=1S/C62H38N2O/c1-2-17-45(18-3-1)63-56-32-28-41(35-54(56)55-37-44(29-33-57(55)63)49-23-11-16-40-14-5-7-20-47(40)49)42-27-31-50-53-36-43(48-22-10-15-39-13-4-6-19-46(39)48)30-34-58(53)64(60(50)38-42)59-25-12-24-52-51-21-8-9-26-61(51)65-62(52)59/h1-38H. The Bertz CT molecular complexity index is 4230. The molecule has 0 saturated heterocycles. The van der Waals surface area contributed by atoms with E-state index < -0.39 is 0 Å². The summed E-state index contributed by atoms with van der Waals surface area (Å²) in [5.74, 6) is 0. The fraction of sp³-hybridized carbons (Fsp3) is 0. The van der Waals surface area contributed by atoms with Crippen molar-refractivity contribution in [1.29, 1.82) is 0 Å². The zero-order valence-electron chi connectivity index (χ0n) is 35.2. The molecule has 0 unspecified atom stereocenters. The molecule has 14 rings (SSSR count). The van der Waals surface area contributed by atoms with Crippen LogP contribution in [0.3, 0.4) is 0 Å². The van der Waals surface area contributed by atoms with E-state index in [0.29, 0.717) is 0 Å². The molecule has 0 aliphatic heterocycles. The topological polar surface area (TPSA) is 23.0 Å². The minimum atomic E-state index is 0.883. The summed E-state index contributed by atoms with van der Waals surface area (Å²) >= 11 is 0. The fourth-order valence-electron chi connectivity index (χ4n) is 10.7. The Balaban J connectivity index is 1.01. The van der Waals surface area contributed by atoms with Gasteiger partial charge in [0.25, 0.3) is 0 Å². The predicted molar refractivity (Wildman–Crippen MR) is 274 cm³/mol. The number of hydrogen-bond acceptors (Lipinski definition) is 1. The van der Waals surface area contributed by atoms with E-state index in [1.165, 1.54) is 76.4 Å². The van der Waals surface area contributed by atoms with Gasteiger partial charge in [-0.25, -0.2) is 0 Å². The predicted octanol–water partition coefficient (Wildman–Crippen LogP) is 17.1. The van der Waals surface area contributed by atoms with Crippen LogP contribution in [0.5, 0.6) is 0 Å². The van der Waals surface area contributed by atoms with Gasteiger partial charge < -0.3 is 13.6 Å². The molecule has 11 aromatic carbocycles. The minimum Gasteiger partial charge on any atom is -0.454 e. The van der Waals surface area contributed by atoms with Gasteiger partial charge in [0, 0.05) is 38.0 Å². The Morgan fingerprint density at radius 1 is 0.277 bits per heavy atom. The number of benzene rings is 11. The maximum Gasteiger partial charge on any atom is 0.159 e. The van der Waals surface area contributed by atoms with Crippen molar-refractivity contribution in [2.75, 3.05) is 0 Å². The molecule has 3 heteroatoms. The number of rotatable bonds is 5. The molecule has 0 fully saturated rings. The van der Waals surface area contributed by atoms with Crippen molar-refractivity contribution in [1.82, 2.24) is 9.13 Å². The van der Waals surface area contributed by atoms with Crippen molar-refractivity contribution in [3.05, 3.63) is 231 Å². The van der Waals surface area contributed by atoms with E-state index in [1.54, 1.807) is 0 Å². The third-order valence-corrected chi connectivity index (χ3v) is 13.7. The molecule has 0 amide bonds. The maximum atomic E-state index is 6.73. The SMILES string of the molecule is c1ccc(-n2c3ccc(-c4ccc5c6cc(-c7cccc8ccccc78)ccc6n(-c6cccc7c6oc6ccccc67)c5c4)cc3c3cc(-c4cccc5ccccc45)ccc32)cc1. The molecule has 0 bridgehead atoms. The highest BCUT2D eigenvalue weighted by Crippen LogP contribution is 2.43. The average molecular weight is 827 g/mol. The van der Waals surface area contributed by atoms with Crippen LogP contribution in [-0.2, 0) is 0 Å². The van der Waals surface area contributed by atoms with Crippen molar-refractivity contribution >= 4 is 87.1 Å². The quantitative estimate of drug-likeness (QED) is 0.169. The minimum absolute atomic E-state index is 0.883. The first-order valence-electron chi connectivity index (χ1n) is 22.3. The van der Waals surface area contributed by atoms with Gasteiger partial charge in [-0.1, -0.05) is 164 Å². The van der Waals surface area contributed by atoms with E-state index in [9.17, 15) is 0 Å². The summed E-state index contributed by atoms with van der Waals surface area (Å²) in [5, 5.41) is 12.1. The largest absolute Gasteiger partial charge is 0.454 e. The Morgan fingerprint density at radius 3 is 1.46 bits per heavy atom. The second-order valence-corrected chi connectivity index (χ2v) is 17.2. The molecule has 0 aliphatic rings. The number of aromatic nitrogens is 2. The van der Waals surface area contributed by atoms with Gasteiger partial charge in [-0.05, 0) is 122 Å². The van der Waals surface area contributed by atoms with E-state index in [-0.39, 0.29) is 0 Å². The Kier molecular flexibility index (Phi) is 7.69. The van der Waals surface area contributed by atoms with Gasteiger partial charge >= 0.3 is 0 Å². The lowest BCUT2D eigenvalue weighted by Gasteiger charge is -2.11. The lowest BCUT2D eigenvalue weighted by molar-refractivity contribution is 0.666. The van der Waals surface area contributed by atoms with Gasteiger partial charge in [0.15, 0.2) is 5.58 Å². The average Bonchev–Trinajstić information content (AvgIpc) is 4.03. The normalized spacial score (nSPS) is 12.0. The highest BCUT2D eigenvalue weighted by molar-refractivity contribution is 6.16. The van der Waals surface area contributed by atoms with Crippen LogP contribution in [0, 0.1) is 0 Å². The fourth-order valence-corrected chi connectivity index (χ4v) is 10.7. The highest BCUT2D eigenvalue weighted by Gasteiger charge is 2.21. The molecule has 3 nitrogen and oxygen atoms in total. The molecular formula is C62H38N2O. The van der Waals surface area contributed by atoms with Crippen LogP contribution in [0.15, 0.2) is 235 Å². The zero-order valence-corrected chi connectivity index (χ0v) is 35.2. The summed E-state index contributed by atoms with van der Waals surface area (Å²) in [5.41, 5.74) is 15.8. The monoisotopic (exact) mass is 826 g/mol. The maximum absolute atomic E-state index is 6.73. The molecule has 3 aromatic heterocycles. The molecule has 0 aliphatic carbocycles. The summed E-state index contributed by atoms with van der Waals surface area (Å²) in [6.07, 6.45) is 0. The molecule has 0 saturated carbocycles. The number of furan rings is 1. The van der Waals surface area contributed by atoms with E-state index in [4.69, 9.17) is 4.42 Å². The van der Waals surface area contributed by atoms with Crippen molar-refractivity contribution in [3.63, 3.8) is 0 Å². The molecule has 65 heavy (non-hydrogen) atoms. The number of fused-ring (bicyclic) bond motifs is 11. The van der Waals surface area contributed by atoms with Gasteiger partial charge in [-0.15, -0.1) is 0 Å². The van der Waals surface area contributed by atoms with Crippen LogP contribution < -0.4 is 0 Å². The zero-order chi connectivity index (χ0) is 42.6. The summed E-state index contributed by atoms with van der Waals surface area (Å²) < 4.78 is 11.6. The van der Waals surface area contributed by atoms with E-state index >= 15 is 0 Å². The third kappa shape index (κ3) is 5.43. The first-order chi connectivity index (χ1) is 32.2. The molecule has 14 aromatic rings. The number of nitrogens with zero attached hydrogens (tertiary/aromatic N) is 2. The van der Waals surface area contributed by atoms with Gasteiger partial charge in [-0.2, -0.15) is 0 Å². The van der Waals surface area contributed by atoms with Crippen LogP contribution in [0.25, 0.3) is 132 Å². The van der Waals surface area contributed by atoms with Crippen molar-refractivity contribution in [3.8, 4) is 44.8 Å². The summed E-state index contributed by atoms with van der Waals surface area (Å²) in [7, 11) is 0. The second-order valence-electron chi connectivity index (χ2n) is 17.2. The molecule has 0 spiro atoms. The lowest BCUT2D eigenvalue weighted by atomic mass is 9.96. The van der Waals surface area contributed by atoms with Crippen molar-refractivity contribution in [2.45, 2.75) is 0 Å². The van der Waals surface area contributed by atoms with Gasteiger partial charge in [0.1, 0.15) is 5.58 Å². The smallest absolute Gasteiger partial charge is 0.159 e. The van der Waals surface area contributed by atoms with Gasteiger partial charge in [0.2, 0.25) is 0 Å². The first kappa shape index (κ1) is 35.9. The van der Waals surface area contributed by atoms with Gasteiger partial charge in [-0.3, -0.25) is 0 Å². The van der Waals surface area contributed by atoms with Crippen LogP contribution in [-0.4, -0.2) is 9.13 Å². The van der Waals surface area contributed by atoms with Crippen LogP contribution in [0.1, 0.15) is 0 Å². The van der Waals surface area contributed by atoms with E-state index in [0.717, 1.165) is 55.5 Å². The van der Waals surface area contributed by atoms with Crippen molar-refractivity contribution in [2.24, 2.45) is 0 Å². The van der Waals surface area contributed by atoms with E-state index in [2.05, 4.69) is 234 Å². The molecule has 0 N–H and O–H groups in total. The number of hydrogen-bond donors (Lipinski definition) is 0. The summed E-state index contributed by atoms with van der Waals surface area (Å²) in [6.45, 7) is 0. The van der Waals surface area contributed by atoms with Crippen LogP contribution >= 0.6 is 0 Å². The second kappa shape index (κ2) is 13.9. The van der Waals surface area contributed by atoms with Crippen LogP contribution in [0.2, 0.25) is 0 Å². The van der Waals surface area contributed by atoms with Crippen molar-refractivity contribution < 1.29 is 4.42 Å². The molecule has 3 heterocycles. The molecule has 302 valence electrons. The summed E-state index contributed by atoms with van der Waals surface area (Å²) in [6, 6.07) is 84.1. The first-order valence-corrected chi connectivity index (χ1v) is 22.3. The molecule has 0 atom stereocenters. The Hall–Kier alpha value is -8.66. The number of para-hydroxylation sites is 3.